The molecule has 0 spiro atoms. The standard InChI is InChI=1S/C25H31IN6O3.C10H10ClIN4O.C6H4Cl2N2O2.C5H2Cl2N2O2.C5H4Cl2N2O.C5H2Cl2N2O.C5H2ClIN4.C5H3ClN4.3CH4/c1-25(17-28-24(33)35-16-18-7-3-2-4-8-18)10-12-31(13-11-25)19-15-27-21-22(26)30-32(23(21)29-19)20-9-5-6-14-34-20;11-6-5-13-8-9(12)15-16(10(8)14-6)7-3-1-2-4-17-7;1-12-6(11)4-5(8)10-3(7)2-9-4;6-2-1-8-3(5(10)11)4(7)9-2;2*6-4-1-8-3(2-10)5(7)9-4;6-2-1-8-3-4(7)10-11-5(3)9-2;6-4-2-7-3-1-8-10-5(3)9-4;;;/h2-4,7-8,15,20H,5-6,9-14,16-17H2,1H3,(H,28,33);5,7H,1-4H2;2H,1H3;1H,(H,10,11);1,10H,2H2;1-2H;1H,(H,9,10,11);1-2H,(H,8,9,10);3*1H4. The van der Waals surface area contributed by atoms with Crippen molar-refractivity contribution in [1.82, 2.24) is 125 Å². The number of aldehydes is 1. The Balaban J connectivity index is 0.000000223. The second-order valence-electron chi connectivity index (χ2n) is 23.8. The van der Waals surface area contributed by atoms with E-state index in [1.165, 1.54) is 38.1 Å². The van der Waals surface area contributed by atoms with Gasteiger partial charge in [0.15, 0.2) is 75.1 Å². The Morgan fingerprint density at radius 1 is 0.597 bits per heavy atom. The Morgan fingerprint density at radius 2 is 1.10 bits per heavy atom. The highest BCUT2D eigenvalue weighted by atomic mass is 127. The third-order valence-corrected chi connectivity index (χ3v) is 20.4. The van der Waals surface area contributed by atoms with Crippen LogP contribution in [0.2, 0.25) is 56.7 Å². The van der Waals surface area contributed by atoms with Crippen LogP contribution < -0.4 is 10.2 Å². The summed E-state index contributed by atoms with van der Waals surface area (Å²) in [5.41, 5.74) is 6.85. The summed E-state index contributed by atoms with van der Waals surface area (Å²) in [7, 11) is 1.23. The minimum absolute atomic E-state index is 0. The molecular weight excluding hydrogens is 2120 g/mol. The zero-order valence-corrected chi connectivity index (χ0v) is 74.4. The van der Waals surface area contributed by atoms with E-state index in [-0.39, 0.29) is 118 Å². The van der Waals surface area contributed by atoms with Gasteiger partial charge in [0.1, 0.15) is 85.7 Å². The number of aromatic nitrogens is 24. The molecule has 5 N–H and O–H groups in total. The van der Waals surface area contributed by atoms with Gasteiger partial charge in [-0.15, -0.1) is 0 Å². The molecule has 36 nitrogen and oxygen atoms in total. The third kappa shape index (κ3) is 30.0. The van der Waals surface area contributed by atoms with E-state index in [0.29, 0.717) is 50.9 Å². The summed E-state index contributed by atoms with van der Waals surface area (Å²) in [4.78, 5) is 109. The predicted molar refractivity (Wildman–Crippen MR) is 477 cm³/mol. The number of alkyl carbamates (subject to hydrolysis) is 1. The lowest BCUT2D eigenvalue weighted by Crippen LogP contribution is -2.45. The highest BCUT2D eigenvalue weighted by Gasteiger charge is 2.33. The summed E-state index contributed by atoms with van der Waals surface area (Å²) < 4.78 is 27.7. The van der Waals surface area contributed by atoms with Gasteiger partial charge in [-0.1, -0.05) is 187 Å². The van der Waals surface area contributed by atoms with E-state index >= 15 is 0 Å². The predicted octanol–water partition coefficient (Wildman–Crippen LogP) is 17.9. The Bertz CT molecular complexity index is 5510. The Labute approximate surface area is 774 Å². The van der Waals surface area contributed by atoms with Gasteiger partial charge in [-0.3, -0.25) is 20.0 Å². The van der Waals surface area contributed by atoms with E-state index in [1.807, 2.05) is 41.2 Å². The quantitative estimate of drug-likeness (QED) is 0.0456. The molecule has 1 aromatic carbocycles. The van der Waals surface area contributed by atoms with Gasteiger partial charge in [-0.25, -0.2) is 98.5 Å². The topological polar surface area (TPSA) is 460 Å². The summed E-state index contributed by atoms with van der Waals surface area (Å²) in [6.07, 6.45) is 21.2. The molecule has 119 heavy (non-hydrogen) atoms. The van der Waals surface area contributed by atoms with Gasteiger partial charge in [0.25, 0.3) is 0 Å². The first kappa shape index (κ1) is 100. The van der Waals surface area contributed by atoms with Crippen LogP contribution in [0.3, 0.4) is 0 Å². The number of nitrogens with zero attached hydrogens (tertiary/aromatic N) is 23. The SMILES string of the molecule is C.C.C.CC1(CNC(=O)OCc2ccccc2)CCN(c2cnc3c(I)nn(C4CCCCO4)c3n2)CC1.COC(=O)c1ncc(Cl)nc1Cl.Clc1cnc2c(I)[nH]nc2n1.Clc1cnc2c(I)nn(C3CCCCO3)c2n1.Clc1cnc2cn[nH]c2n1.O=C(O)c1ncc(Cl)nc1Cl.O=Cc1ncc(Cl)nc1Cl.OCc1ncc(Cl)nc1Cl. The van der Waals surface area contributed by atoms with Gasteiger partial charge in [-0.2, -0.15) is 20.4 Å². The molecular formula is C69H70Cl11I3N26O10. The van der Waals surface area contributed by atoms with E-state index in [0.717, 1.165) is 134 Å². The maximum atomic E-state index is 12.2. The summed E-state index contributed by atoms with van der Waals surface area (Å²) in [5.74, 6) is -0.994. The fourth-order valence-corrected chi connectivity index (χ4v) is 13.7. The Kier molecular flexibility index (Phi) is 42.0. The lowest BCUT2D eigenvalue weighted by atomic mass is 9.80. The molecule has 3 saturated heterocycles. The van der Waals surface area contributed by atoms with Gasteiger partial charge in [0.2, 0.25) is 5.65 Å². The number of fused-ring (bicyclic) bond motifs is 4. The van der Waals surface area contributed by atoms with Crippen LogP contribution in [0.25, 0.3) is 44.7 Å². The number of carbonyl (C=O) groups excluding carboxylic acids is 3. The molecule has 50 heteroatoms. The minimum Gasteiger partial charge on any atom is -0.476 e. The Hall–Kier alpha value is -7.32. The number of aliphatic hydroxyl groups is 1. The molecule has 12 aromatic heterocycles. The van der Waals surface area contributed by atoms with Crippen molar-refractivity contribution >= 4 is 270 Å². The van der Waals surface area contributed by atoms with E-state index in [4.69, 9.17) is 157 Å². The molecule has 0 aliphatic carbocycles. The fraction of sp³-hybridized carbons (Fsp3) is 0.333. The number of aromatic amines is 2. The number of piperidine rings is 1. The number of halogens is 14. The van der Waals surface area contributed by atoms with Gasteiger partial charge in [0, 0.05) is 32.8 Å². The normalized spacial score (nSPS) is 14.2. The van der Waals surface area contributed by atoms with Crippen molar-refractivity contribution in [1.29, 1.82) is 0 Å². The number of carboxylic acids is 1. The number of rotatable bonds is 11. The first-order chi connectivity index (χ1) is 55.6. The number of carboxylic acid groups (broad SMARTS) is 1. The first-order valence-electron chi connectivity index (χ1n) is 33.5. The number of aromatic carboxylic acids is 1. The highest BCUT2D eigenvalue weighted by Crippen LogP contribution is 2.35. The van der Waals surface area contributed by atoms with Crippen LogP contribution in [0.5, 0.6) is 0 Å². The number of aliphatic hydroxyl groups excluding tert-OH is 1. The zero-order chi connectivity index (χ0) is 83.6. The number of esters is 1. The van der Waals surface area contributed by atoms with E-state index in [1.54, 1.807) is 17.1 Å². The molecule has 3 aliphatic rings. The van der Waals surface area contributed by atoms with Crippen LogP contribution in [-0.4, -0.2) is 194 Å². The molecule has 0 radical (unpaired) electrons. The first-order valence-corrected chi connectivity index (χ1v) is 40.8. The van der Waals surface area contributed by atoms with Crippen molar-refractivity contribution in [2.45, 2.75) is 106 Å². The smallest absolute Gasteiger partial charge is 0.407 e. The summed E-state index contributed by atoms with van der Waals surface area (Å²) >= 11 is 67.1. The second-order valence-corrected chi connectivity index (χ2v) is 31.1. The number of hydrogen-bond acceptors (Lipinski definition) is 30. The molecule has 2 unspecified atom stereocenters. The molecule has 3 aliphatic heterocycles. The number of benzene rings is 1. The highest BCUT2D eigenvalue weighted by molar-refractivity contribution is 14.1. The van der Waals surface area contributed by atoms with Crippen LogP contribution in [0.1, 0.15) is 136 Å². The summed E-state index contributed by atoms with van der Waals surface area (Å²) in [6.45, 7) is 6.09. The van der Waals surface area contributed by atoms with Crippen LogP contribution >= 0.6 is 195 Å². The number of hydrogen-bond donors (Lipinski definition) is 5. The van der Waals surface area contributed by atoms with E-state index in [9.17, 15) is 19.2 Å². The van der Waals surface area contributed by atoms with Gasteiger partial charge in [0.05, 0.1) is 69.5 Å². The number of ether oxygens (including phenoxy) is 4. The third-order valence-electron chi connectivity index (χ3n) is 15.8. The van der Waals surface area contributed by atoms with Crippen molar-refractivity contribution in [3.63, 3.8) is 0 Å². The minimum atomic E-state index is -1.22. The fourth-order valence-electron chi connectivity index (χ4n) is 10.1. The molecule has 0 bridgehead atoms. The number of anilines is 1. The monoisotopic (exact) mass is 2190 g/mol. The van der Waals surface area contributed by atoms with Crippen molar-refractivity contribution in [3.8, 4) is 0 Å². The average molecular weight is 2190 g/mol. The van der Waals surface area contributed by atoms with Crippen LogP contribution in [0, 0.1) is 16.5 Å². The number of amides is 1. The van der Waals surface area contributed by atoms with Gasteiger partial charge >= 0.3 is 18.0 Å². The number of carbonyl (C=O) groups is 4. The maximum Gasteiger partial charge on any atom is 0.407 e. The number of H-pyrrole nitrogens is 2. The molecule has 3 fully saturated rings. The summed E-state index contributed by atoms with van der Waals surface area (Å²) in [6, 6.07) is 9.71. The molecule has 16 rings (SSSR count). The van der Waals surface area contributed by atoms with Crippen molar-refractivity contribution in [3.05, 3.63) is 182 Å². The zero-order valence-electron chi connectivity index (χ0n) is 59.7. The van der Waals surface area contributed by atoms with Gasteiger partial charge in [-0.05, 0) is 130 Å². The molecule has 15 heterocycles. The molecule has 634 valence electrons. The molecule has 0 saturated carbocycles. The lowest BCUT2D eigenvalue weighted by Gasteiger charge is -2.39. The average Bonchev–Trinajstić information content (AvgIpc) is 1.67. The molecule has 1 amide bonds. The van der Waals surface area contributed by atoms with Crippen molar-refractivity contribution in [2.75, 3.05) is 44.9 Å². The van der Waals surface area contributed by atoms with Crippen LogP contribution in [0.4, 0.5) is 10.6 Å². The molecule has 13 aromatic rings. The van der Waals surface area contributed by atoms with Gasteiger partial charge < -0.3 is 39.4 Å². The van der Waals surface area contributed by atoms with Crippen LogP contribution in [0.15, 0.2) is 86.1 Å². The van der Waals surface area contributed by atoms with Crippen molar-refractivity contribution in [2.24, 2.45) is 5.41 Å². The maximum absolute atomic E-state index is 12.2. The van der Waals surface area contributed by atoms with E-state index < -0.39 is 11.9 Å². The summed E-state index contributed by atoms with van der Waals surface area (Å²) in [5, 5.41) is 43.8. The van der Waals surface area contributed by atoms with E-state index in [2.05, 4.69) is 195 Å². The van der Waals surface area contributed by atoms with Crippen LogP contribution in [-0.2, 0) is 32.2 Å². The number of methoxy groups -OCH3 is 1. The number of nitrogens with one attached hydrogen (secondary N) is 3. The lowest BCUT2D eigenvalue weighted by molar-refractivity contribution is -0.0373. The second kappa shape index (κ2) is 49.7. The Morgan fingerprint density at radius 3 is 1.64 bits per heavy atom. The van der Waals surface area contributed by atoms with Crippen molar-refractivity contribution < 1.29 is 48.3 Å². The molecule has 2 atom stereocenters. The largest absolute Gasteiger partial charge is 0.476 e.